The molecule has 0 radical (unpaired) electrons. The molecule has 64 nitrogen and oxygen atoms in total. The highest BCUT2D eigenvalue weighted by Crippen LogP contribution is 2.44. The lowest BCUT2D eigenvalue weighted by atomic mass is 9.93. The average Bonchev–Trinajstić information content (AvgIpc) is 0.760. The van der Waals surface area contributed by atoms with Crippen LogP contribution in [0, 0.1) is 0 Å². The van der Waals surface area contributed by atoms with E-state index in [-0.39, 0.29) is 0 Å². The highest BCUT2D eigenvalue weighted by molar-refractivity contribution is 5.75. The molecule has 64 heteroatoms. The Morgan fingerprint density at radius 2 is 0.432 bits per heavy atom. The van der Waals surface area contributed by atoms with E-state index in [1.807, 2.05) is 0 Å². The fourth-order valence-corrected chi connectivity index (χ4v) is 19.2. The van der Waals surface area contributed by atoms with Crippen molar-refractivity contribution in [2.24, 2.45) is 0 Å². The first kappa shape index (κ1) is 120. The molecule has 60 atom stereocenters. The van der Waals surface area contributed by atoms with Gasteiger partial charge in [-0.25, -0.2) is 0 Å². The normalized spacial score (nSPS) is 49.8. The molecule has 844 valence electrons. The third-order valence-electron chi connectivity index (χ3n) is 27.0. The van der Waals surface area contributed by atoms with Gasteiger partial charge < -0.3 is 294 Å². The molecule has 12 heterocycles. The summed E-state index contributed by atoms with van der Waals surface area (Å²) < 4.78 is 140. The summed E-state index contributed by atoms with van der Waals surface area (Å²) in [6.45, 7) is -5.09. The Kier molecular flexibility index (Phi) is 42.8. The van der Waals surface area contributed by atoms with Gasteiger partial charge >= 0.3 is 0 Å². The minimum Gasteiger partial charge on any atom is -0.394 e. The highest BCUT2D eigenvalue weighted by atomic mass is 16.8. The van der Waals surface area contributed by atoms with Gasteiger partial charge in [-0.1, -0.05) is 0 Å². The predicted molar refractivity (Wildman–Crippen MR) is 450 cm³/mol. The van der Waals surface area contributed by atoms with Crippen molar-refractivity contribution in [1.29, 1.82) is 0 Å². The summed E-state index contributed by atoms with van der Waals surface area (Å²) in [4.78, 5) is 66.6. The molecule has 12 fully saturated rings. The number of ether oxygens (including phenoxy) is 23. The molecular weight excluding hydrogens is 2000 g/mol. The first-order valence-corrected chi connectivity index (χ1v) is 46.9. The van der Waals surface area contributed by atoms with Gasteiger partial charge in [0, 0.05) is 34.6 Å². The molecule has 36 N–H and O–H groups in total. The van der Waals surface area contributed by atoms with E-state index >= 15 is 0 Å². The Hall–Kier alpha value is -4.81. The van der Waals surface area contributed by atoms with Crippen LogP contribution >= 0.6 is 0 Å². The van der Waals surface area contributed by atoms with Crippen LogP contribution in [-0.4, -0.2) is 622 Å². The number of aliphatic hydroxyl groups excluding tert-OH is 31. The van der Waals surface area contributed by atoms with Gasteiger partial charge in [0.2, 0.25) is 29.5 Å². The molecule has 12 rings (SSSR count). The zero-order chi connectivity index (χ0) is 107. The van der Waals surface area contributed by atoms with Crippen LogP contribution in [0.4, 0.5) is 0 Å². The lowest BCUT2D eigenvalue weighted by Gasteiger charge is -2.52. The third kappa shape index (κ3) is 26.3. The van der Waals surface area contributed by atoms with Crippen LogP contribution in [0.1, 0.15) is 48.5 Å². The zero-order valence-electron chi connectivity index (χ0n) is 79.0. The number of hydrogen-bond donors (Lipinski definition) is 36. The van der Waals surface area contributed by atoms with Crippen LogP contribution in [-0.2, 0) is 133 Å². The van der Waals surface area contributed by atoms with E-state index in [0.29, 0.717) is 0 Å². The van der Waals surface area contributed by atoms with Gasteiger partial charge in [-0.05, 0) is 13.8 Å². The van der Waals surface area contributed by atoms with Crippen molar-refractivity contribution in [3.8, 4) is 0 Å². The summed E-state index contributed by atoms with van der Waals surface area (Å²) in [5.41, 5.74) is 0. The Morgan fingerprint density at radius 3 is 0.795 bits per heavy atom. The highest BCUT2D eigenvalue weighted by Gasteiger charge is 2.65. The maximum Gasteiger partial charge on any atom is 0.217 e. The second kappa shape index (κ2) is 52.2. The number of amides is 5. The molecule has 12 aliphatic heterocycles. The molecule has 0 spiro atoms. The molecule has 146 heavy (non-hydrogen) atoms. The Morgan fingerprint density at radius 1 is 0.192 bits per heavy atom. The molecule has 12 saturated heterocycles. The van der Waals surface area contributed by atoms with E-state index in [1.54, 1.807) is 0 Å². The molecule has 0 aliphatic carbocycles. The van der Waals surface area contributed by atoms with Gasteiger partial charge in [-0.3, -0.25) is 24.0 Å². The topological polar surface area (TPSA) is 985 Å². The molecule has 0 aromatic rings. The maximum absolute atomic E-state index is 13.9. The fraction of sp³-hybridized carbons (Fsp3) is 0.939. The van der Waals surface area contributed by atoms with E-state index in [2.05, 4.69) is 26.6 Å². The summed E-state index contributed by atoms with van der Waals surface area (Å²) in [6, 6.07) is -10.2. The first-order chi connectivity index (χ1) is 69.0. The van der Waals surface area contributed by atoms with E-state index < -0.39 is 464 Å². The quantitative estimate of drug-likeness (QED) is 0.0275. The Labute approximate surface area is 827 Å². The van der Waals surface area contributed by atoms with Crippen molar-refractivity contribution in [2.75, 3.05) is 66.1 Å². The van der Waals surface area contributed by atoms with Crippen molar-refractivity contribution in [3.05, 3.63) is 0 Å². The number of carbonyl (C=O) groups excluding carboxylic acids is 5. The SMILES string of the molecule is CC(=O)N[C@H]1[C@H](OC[C@H]2O[C@@H](O[C@H]3[C@H](O)[C@@H](CO)O[C@@H](O[C@H]4[C@@H](O)[C@@H](CO)O[C@@H](O[C@H]5[C@H](O)[C@@H](O)[C@H](O)O[C@@H]5CO)[C@@H]4O)[C@@H]3NC(C)=O)[C@H](O)[C@@H](O[C@@H]3O[C@H](CO)[C@@H](O)[C@H](O[C@@H]4O[C@H](CO)[C@H](O)[C@H](O[C@H]5O[C@H](CO)[C@H](O)[C@H](O)[C@H]5NC(C)=O)[C@H]4O[C@@H]4O[C@@H](C)[C@@H](O)[C@@H](O)[C@@H]4O)[C@H]3NC(C)=O)[C@H]2O)O[C@H](CO)[C@@H](O[C@@H]2O[C@H](CO)[C@H](O)[C@H](O[C@H]3O[C@H](CO)[C@@H](O)[C@H](O)[C@H]3NC(C)=O)[C@H]2O[C@@H]2O[C@@H](C)[C@@H](O)[C@@H](O)[C@@H]2O)[C@@H]1O. The van der Waals surface area contributed by atoms with Gasteiger partial charge in [-0.15, -0.1) is 0 Å². The van der Waals surface area contributed by atoms with Gasteiger partial charge in [0.1, 0.15) is 280 Å². The zero-order valence-corrected chi connectivity index (χ0v) is 79.0. The first-order valence-electron chi connectivity index (χ1n) is 46.9. The molecule has 0 aromatic carbocycles. The second-order valence-corrected chi connectivity index (χ2v) is 37.3. The largest absolute Gasteiger partial charge is 0.394 e. The van der Waals surface area contributed by atoms with Crippen LogP contribution in [0.3, 0.4) is 0 Å². The van der Waals surface area contributed by atoms with Gasteiger partial charge in [0.05, 0.1) is 78.3 Å². The van der Waals surface area contributed by atoms with E-state index in [4.69, 9.17) is 109 Å². The lowest BCUT2D eigenvalue weighted by molar-refractivity contribution is -0.402. The summed E-state index contributed by atoms with van der Waals surface area (Å²) >= 11 is 0. The van der Waals surface area contributed by atoms with Crippen LogP contribution in [0.2, 0.25) is 0 Å². The molecular formula is C82H137N5O59. The van der Waals surface area contributed by atoms with Crippen molar-refractivity contribution in [3.63, 3.8) is 0 Å². The predicted octanol–water partition coefficient (Wildman–Crippen LogP) is -24.4. The standard InChI is InChI=1S/C82H137N5O59/c1-18-40(102)53(115)57(119)77(125-18)145-69-67(143-73-35(83-20(3)97)50(112)42(104)25(8-88)128-73)47(109)30(13-93)133-81(69)138-61-33(16-96)135-72(37(52(61)114)85-22(5)99)124-17-34-49(111)66(60(122)80(136-34)139-63-38(86-23(6)100)75(130-27(10-90)44(63)106)141-65-46(108)29(12-92)132-79(59(65)121)137-62-32(15-95)127-71(123)56(118)55(62)117)142-76-39(87-24(7)101)64(45(107)28(11-91)131-76)140-82-70(146-78-58(120)54(116)41(103)19(2)126-78)68(48(110)31(14-94)134-82)144-74-36(84-21(4)98)51(113)43(105)26(9-89)129-74/h18-19,25-82,88-96,102-123H,8-17H2,1-7H3,(H,83,97)(H,84,98)(H,85,99)(H,86,100)(H,87,101)/t18-,19-,25+,26+,27+,28+,29+,30+,31+,32+,33+,34+,35+,36+,37+,38+,39+,40+,41+,42+,43-,44+,45+,46-,47-,48-,49-,50+,51+,52+,53+,54+,55+,56+,57-,58-,59+,60+,61+,62+,63+,64+,65-,66-,67-,68-,69+,70+,71+,72+,73+,74+,75-,76-,77-,78-,79-,80-,81-,82-/m0/s1. The van der Waals surface area contributed by atoms with Crippen LogP contribution in [0.25, 0.3) is 0 Å². The van der Waals surface area contributed by atoms with E-state index in [0.717, 1.165) is 34.6 Å². The van der Waals surface area contributed by atoms with E-state index in [1.165, 1.54) is 13.8 Å². The van der Waals surface area contributed by atoms with Gasteiger partial charge in [-0.2, -0.15) is 0 Å². The molecule has 0 aromatic heterocycles. The average molecular weight is 2140 g/mol. The van der Waals surface area contributed by atoms with Crippen LogP contribution in [0.5, 0.6) is 0 Å². The molecule has 0 bridgehead atoms. The Balaban J connectivity index is 0.917. The van der Waals surface area contributed by atoms with Crippen LogP contribution < -0.4 is 26.6 Å². The second-order valence-electron chi connectivity index (χ2n) is 37.3. The summed E-state index contributed by atoms with van der Waals surface area (Å²) in [6.07, 6.45) is -119. The minimum atomic E-state index is -2.75. The monoisotopic (exact) mass is 2140 g/mol. The van der Waals surface area contributed by atoms with Crippen molar-refractivity contribution in [2.45, 2.75) is 417 Å². The van der Waals surface area contributed by atoms with Crippen molar-refractivity contribution in [1.82, 2.24) is 26.6 Å². The van der Waals surface area contributed by atoms with Gasteiger partial charge in [0.25, 0.3) is 0 Å². The number of rotatable bonds is 37. The van der Waals surface area contributed by atoms with Crippen molar-refractivity contribution < 1.29 is 291 Å². The summed E-state index contributed by atoms with van der Waals surface area (Å²) in [7, 11) is 0. The van der Waals surface area contributed by atoms with Gasteiger partial charge in [0.15, 0.2) is 75.5 Å². The molecule has 0 unspecified atom stereocenters. The summed E-state index contributed by atoms with van der Waals surface area (Å²) in [5, 5.41) is 364. The van der Waals surface area contributed by atoms with E-state index in [9.17, 15) is 182 Å². The number of aliphatic hydroxyl groups is 31. The lowest BCUT2D eigenvalue weighted by Crippen LogP contribution is -2.72. The number of nitrogens with one attached hydrogen (secondary N) is 5. The fourth-order valence-electron chi connectivity index (χ4n) is 19.2. The third-order valence-corrected chi connectivity index (χ3v) is 27.0. The Bertz CT molecular complexity index is 4090. The molecule has 12 aliphatic rings. The number of carbonyl (C=O) groups is 5. The molecule has 5 amide bonds. The minimum absolute atomic E-state index is 0.844. The maximum atomic E-state index is 13.9. The summed E-state index contributed by atoms with van der Waals surface area (Å²) in [5.74, 6) is -5.09. The molecule has 0 saturated carbocycles. The number of hydrogen-bond acceptors (Lipinski definition) is 59. The smallest absolute Gasteiger partial charge is 0.217 e. The van der Waals surface area contributed by atoms with Crippen LogP contribution in [0.15, 0.2) is 0 Å². The van der Waals surface area contributed by atoms with Crippen molar-refractivity contribution >= 4 is 29.5 Å².